The second kappa shape index (κ2) is 12.9. The molecule has 2 unspecified atom stereocenters. The van der Waals surface area contributed by atoms with Crippen molar-refractivity contribution >= 4 is 11.8 Å². The molecule has 2 aromatic heterocycles. The number of aromatic amines is 2. The molecule has 2 amide bonds. The summed E-state index contributed by atoms with van der Waals surface area (Å²) < 4.78 is 0. The highest BCUT2D eigenvalue weighted by Crippen LogP contribution is 2.30. The molecule has 0 saturated heterocycles. The summed E-state index contributed by atoms with van der Waals surface area (Å²) in [6, 6.07) is 8.49. The van der Waals surface area contributed by atoms with Crippen molar-refractivity contribution in [1.29, 1.82) is 0 Å². The van der Waals surface area contributed by atoms with E-state index in [1.54, 1.807) is 54.0 Å². The number of nitrogens with one attached hydrogen (secondary N) is 3. The number of nitrogens with zero attached hydrogens (tertiary/aromatic N) is 4. The van der Waals surface area contributed by atoms with Gasteiger partial charge in [-0.25, -0.2) is 9.97 Å². The lowest BCUT2D eigenvalue weighted by atomic mass is 9.84. The van der Waals surface area contributed by atoms with Gasteiger partial charge < -0.3 is 20.2 Å². The third kappa shape index (κ3) is 7.10. The van der Waals surface area contributed by atoms with Crippen LogP contribution in [-0.2, 0) is 13.1 Å². The molecule has 1 aliphatic carbocycles. The van der Waals surface area contributed by atoms with E-state index < -0.39 is 0 Å². The van der Waals surface area contributed by atoms with E-state index in [1.165, 1.54) is 12.8 Å². The third-order valence-electron chi connectivity index (χ3n) is 7.39. The number of carbonyl (C=O) groups is 2. The van der Waals surface area contributed by atoms with Crippen LogP contribution in [0.15, 0.2) is 49.1 Å². The molecule has 0 aliphatic heterocycles. The Morgan fingerprint density at radius 3 is 2.03 bits per heavy atom. The highest BCUT2D eigenvalue weighted by Gasteiger charge is 2.30. The number of benzene rings is 1. The van der Waals surface area contributed by atoms with Gasteiger partial charge in [0.05, 0.1) is 13.1 Å². The Bertz CT molecular complexity index is 1100. The summed E-state index contributed by atoms with van der Waals surface area (Å²) in [6.07, 6.45) is 11.5. The molecule has 3 aromatic rings. The molecule has 0 bridgehead atoms. The summed E-state index contributed by atoms with van der Waals surface area (Å²) in [4.78, 5) is 45.1. The fraction of sp³-hybridized carbons (Fsp3) is 0.517. The molecule has 204 valence electrons. The lowest BCUT2D eigenvalue weighted by Gasteiger charge is -2.42. The van der Waals surface area contributed by atoms with Crippen molar-refractivity contribution in [2.24, 2.45) is 5.92 Å². The molecule has 3 N–H and O–H groups in total. The van der Waals surface area contributed by atoms with E-state index in [-0.39, 0.29) is 11.8 Å². The predicted octanol–water partition coefficient (Wildman–Crippen LogP) is 4.38. The van der Waals surface area contributed by atoms with E-state index in [1.807, 2.05) is 0 Å². The minimum atomic E-state index is -0.155. The van der Waals surface area contributed by atoms with Gasteiger partial charge in [0.15, 0.2) is 0 Å². The van der Waals surface area contributed by atoms with Gasteiger partial charge in [-0.1, -0.05) is 6.42 Å². The first kappa shape index (κ1) is 27.6. The van der Waals surface area contributed by atoms with Crippen LogP contribution in [0, 0.1) is 5.92 Å². The molecular formula is C29H41N7O2. The summed E-state index contributed by atoms with van der Waals surface area (Å²) >= 11 is 0. The summed E-state index contributed by atoms with van der Waals surface area (Å²) in [5, 5.41) is 3.14. The van der Waals surface area contributed by atoms with Crippen LogP contribution < -0.4 is 5.32 Å². The van der Waals surface area contributed by atoms with Crippen molar-refractivity contribution in [1.82, 2.24) is 35.1 Å². The van der Waals surface area contributed by atoms with E-state index in [9.17, 15) is 9.59 Å². The maximum atomic E-state index is 13.3. The van der Waals surface area contributed by atoms with Crippen LogP contribution in [0.2, 0.25) is 0 Å². The molecule has 2 atom stereocenters. The Kier molecular flexibility index (Phi) is 9.33. The summed E-state index contributed by atoms with van der Waals surface area (Å²) in [7, 11) is 0. The van der Waals surface area contributed by atoms with Crippen LogP contribution in [0.1, 0.15) is 85.7 Å². The number of amides is 2. The molecule has 38 heavy (non-hydrogen) atoms. The number of H-pyrrole nitrogens is 2. The highest BCUT2D eigenvalue weighted by atomic mass is 16.2. The number of aromatic nitrogens is 4. The van der Waals surface area contributed by atoms with Crippen molar-refractivity contribution < 1.29 is 9.59 Å². The largest absolute Gasteiger partial charge is 0.352 e. The van der Waals surface area contributed by atoms with Gasteiger partial charge in [-0.2, -0.15) is 0 Å². The SMILES string of the molecule is CC(C)N(C(C)C)C1CCCC(CNC(=O)c2ccc(C(=O)N(Cc3ncc[nH]3)Cc3ncc[nH]3)cc2)C1. The van der Waals surface area contributed by atoms with Crippen molar-refractivity contribution in [2.45, 2.75) is 84.6 Å². The van der Waals surface area contributed by atoms with E-state index in [4.69, 9.17) is 0 Å². The van der Waals surface area contributed by atoms with E-state index in [0.29, 0.717) is 66.5 Å². The lowest BCUT2D eigenvalue weighted by Crippen LogP contribution is -2.48. The number of imidazole rings is 2. The number of carbonyl (C=O) groups excluding carboxylic acids is 2. The van der Waals surface area contributed by atoms with Crippen LogP contribution in [0.4, 0.5) is 0 Å². The van der Waals surface area contributed by atoms with Gasteiger partial charge in [0, 0.05) is 60.6 Å². The topological polar surface area (TPSA) is 110 Å². The number of hydrogen-bond acceptors (Lipinski definition) is 5. The fourth-order valence-corrected chi connectivity index (χ4v) is 5.77. The van der Waals surface area contributed by atoms with E-state index in [2.05, 4.69) is 57.8 Å². The summed E-state index contributed by atoms with van der Waals surface area (Å²) in [5.41, 5.74) is 1.07. The molecule has 1 aliphatic rings. The lowest BCUT2D eigenvalue weighted by molar-refractivity contribution is 0.0678. The van der Waals surface area contributed by atoms with Crippen LogP contribution >= 0.6 is 0 Å². The fourth-order valence-electron chi connectivity index (χ4n) is 5.77. The Hall–Kier alpha value is -3.46. The molecule has 0 spiro atoms. The normalized spacial score (nSPS) is 17.8. The first-order valence-electron chi connectivity index (χ1n) is 13.7. The Morgan fingerprint density at radius 2 is 1.50 bits per heavy atom. The van der Waals surface area contributed by atoms with E-state index in [0.717, 1.165) is 12.8 Å². The van der Waals surface area contributed by atoms with Crippen molar-refractivity contribution in [3.05, 3.63) is 71.8 Å². The van der Waals surface area contributed by atoms with Crippen LogP contribution in [0.3, 0.4) is 0 Å². The van der Waals surface area contributed by atoms with Crippen molar-refractivity contribution in [2.75, 3.05) is 6.54 Å². The molecule has 1 aromatic carbocycles. The van der Waals surface area contributed by atoms with Crippen LogP contribution in [-0.4, -0.2) is 66.2 Å². The van der Waals surface area contributed by atoms with Gasteiger partial charge in [0.25, 0.3) is 11.8 Å². The molecule has 4 rings (SSSR count). The Labute approximate surface area is 225 Å². The summed E-state index contributed by atoms with van der Waals surface area (Å²) in [5.74, 6) is 1.61. The Morgan fingerprint density at radius 1 is 0.921 bits per heavy atom. The monoisotopic (exact) mass is 519 g/mol. The summed E-state index contributed by atoms with van der Waals surface area (Å²) in [6.45, 7) is 10.4. The molecule has 1 fully saturated rings. The van der Waals surface area contributed by atoms with Gasteiger partial charge in [-0.05, 0) is 77.1 Å². The maximum Gasteiger partial charge on any atom is 0.254 e. The van der Waals surface area contributed by atoms with Gasteiger partial charge in [-0.15, -0.1) is 0 Å². The minimum Gasteiger partial charge on any atom is -0.352 e. The average molecular weight is 520 g/mol. The predicted molar refractivity (Wildman–Crippen MR) is 147 cm³/mol. The molecule has 9 nitrogen and oxygen atoms in total. The quantitative estimate of drug-likeness (QED) is 0.348. The van der Waals surface area contributed by atoms with E-state index >= 15 is 0 Å². The van der Waals surface area contributed by atoms with Gasteiger partial charge >= 0.3 is 0 Å². The smallest absolute Gasteiger partial charge is 0.254 e. The zero-order valence-corrected chi connectivity index (χ0v) is 23.0. The first-order valence-corrected chi connectivity index (χ1v) is 13.7. The van der Waals surface area contributed by atoms with Crippen LogP contribution in [0.5, 0.6) is 0 Å². The van der Waals surface area contributed by atoms with Gasteiger partial charge in [0.2, 0.25) is 0 Å². The molecule has 2 heterocycles. The third-order valence-corrected chi connectivity index (χ3v) is 7.39. The maximum absolute atomic E-state index is 13.3. The van der Waals surface area contributed by atoms with Gasteiger partial charge in [0.1, 0.15) is 11.6 Å². The van der Waals surface area contributed by atoms with Crippen LogP contribution in [0.25, 0.3) is 0 Å². The zero-order chi connectivity index (χ0) is 27.1. The molecule has 0 radical (unpaired) electrons. The average Bonchev–Trinajstić information content (AvgIpc) is 3.61. The molecule has 1 saturated carbocycles. The Balaban J connectivity index is 1.35. The standard InChI is InChI=1S/C29H41N7O2/c1-20(2)36(21(3)4)25-7-5-6-22(16-25)17-34-28(37)23-8-10-24(11-9-23)29(38)35(18-26-30-12-13-31-26)19-27-32-14-15-33-27/h8-15,20-22,25H,5-7,16-19H2,1-4H3,(H,30,31)(H,32,33)(H,34,37). The number of rotatable bonds is 11. The second-order valence-electron chi connectivity index (χ2n) is 10.8. The molecular weight excluding hydrogens is 478 g/mol. The first-order chi connectivity index (χ1) is 18.3. The zero-order valence-electron chi connectivity index (χ0n) is 23.0. The van der Waals surface area contributed by atoms with Gasteiger partial charge in [-0.3, -0.25) is 14.5 Å². The molecule has 9 heteroatoms. The highest BCUT2D eigenvalue weighted by molar-refractivity contribution is 5.97. The second-order valence-corrected chi connectivity index (χ2v) is 10.8. The van der Waals surface area contributed by atoms with Crippen molar-refractivity contribution in [3.8, 4) is 0 Å². The van der Waals surface area contributed by atoms with Crippen molar-refractivity contribution in [3.63, 3.8) is 0 Å². The number of hydrogen-bond donors (Lipinski definition) is 3. The minimum absolute atomic E-state index is 0.0984.